The highest BCUT2D eigenvalue weighted by atomic mass is 16.5. The molecule has 0 atom stereocenters. The van der Waals surface area contributed by atoms with Gasteiger partial charge in [-0.25, -0.2) is 0 Å². The number of nitrogens with zero attached hydrogens (tertiary/aromatic N) is 3. The molecule has 31 heavy (non-hydrogen) atoms. The fourth-order valence-electron chi connectivity index (χ4n) is 3.51. The van der Waals surface area contributed by atoms with Gasteiger partial charge in [-0.15, -0.1) is 0 Å². The average Bonchev–Trinajstić information content (AvgIpc) is 3.48. The van der Waals surface area contributed by atoms with Crippen LogP contribution in [0.2, 0.25) is 0 Å². The van der Waals surface area contributed by atoms with Crippen molar-refractivity contribution >= 4 is 17.5 Å². The molecule has 158 valence electrons. The average molecular weight is 418 g/mol. The van der Waals surface area contributed by atoms with Crippen LogP contribution in [0, 0.1) is 17.2 Å². The van der Waals surface area contributed by atoms with E-state index in [2.05, 4.69) is 22.9 Å². The number of hydrogen-bond donors (Lipinski definition) is 1. The Morgan fingerprint density at radius 3 is 2.90 bits per heavy atom. The van der Waals surface area contributed by atoms with Crippen LogP contribution >= 0.6 is 0 Å². The number of piperidine rings is 1. The third kappa shape index (κ3) is 4.61. The third-order valence-electron chi connectivity index (χ3n) is 5.07. The van der Waals surface area contributed by atoms with Gasteiger partial charge >= 0.3 is 0 Å². The van der Waals surface area contributed by atoms with Crippen molar-refractivity contribution in [3.8, 4) is 23.5 Å². The molecule has 3 heterocycles. The van der Waals surface area contributed by atoms with Gasteiger partial charge in [0.1, 0.15) is 18.4 Å². The van der Waals surface area contributed by atoms with Gasteiger partial charge in [0.05, 0.1) is 6.26 Å². The van der Waals surface area contributed by atoms with Crippen molar-refractivity contribution in [3.63, 3.8) is 0 Å². The molecule has 2 aromatic heterocycles. The largest absolute Gasteiger partial charge is 0.489 e. The van der Waals surface area contributed by atoms with Crippen LogP contribution in [0.1, 0.15) is 18.5 Å². The molecule has 1 aliphatic rings. The van der Waals surface area contributed by atoms with Gasteiger partial charge in [0.15, 0.2) is 5.76 Å². The lowest BCUT2D eigenvalue weighted by molar-refractivity contribution is -0.120. The number of aromatic nitrogens is 1. The van der Waals surface area contributed by atoms with Crippen LogP contribution in [0.4, 0.5) is 11.6 Å². The third-order valence-corrected chi connectivity index (χ3v) is 5.07. The SMILES string of the molecule is C=CCOc1cccc(NC(=O)C2CCN(c3oc(-c4ccco4)nc3C#N)CC2)c1. The van der Waals surface area contributed by atoms with Gasteiger partial charge in [-0.1, -0.05) is 18.7 Å². The van der Waals surface area contributed by atoms with Gasteiger partial charge < -0.3 is 23.8 Å². The first-order valence-corrected chi connectivity index (χ1v) is 10.0. The summed E-state index contributed by atoms with van der Waals surface area (Å²) in [4.78, 5) is 18.9. The molecule has 1 fully saturated rings. The molecule has 1 aliphatic heterocycles. The van der Waals surface area contributed by atoms with E-state index in [0.717, 1.165) is 0 Å². The zero-order chi connectivity index (χ0) is 21.6. The summed E-state index contributed by atoms with van der Waals surface area (Å²) in [6.45, 7) is 5.21. The number of carbonyl (C=O) groups is 1. The molecule has 8 heteroatoms. The summed E-state index contributed by atoms with van der Waals surface area (Å²) in [5, 5.41) is 12.4. The molecule has 0 bridgehead atoms. The number of benzene rings is 1. The van der Waals surface area contributed by atoms with Crippen molar-refractivity contribution in [2.45, 2.75) is 12.8 Å². The molecular weight excluding hydrogens is 396 g/mol. The van der Waals surface area contributed by atoms with E-state index in [4.69, 9.17) is 13.6 Å². The fourth-order valence-corrected chi connectivity index (χ4v) is 3.51. The Labute approximate surface area is 179 Å². The van der Waals surface area contributed by atoms with Crippen LogP contribution in [-0.4, -0.2) is 30.6 Å². The topological polar surface area (TPSA) is 105 Å². The van der Waals surface area contributed by atoms with E-state index in [0.29, 0.717) is 55.6 Å². The molecule has 0 aliphatic carbocycles. The summed E-state index contributed by atoms with van der Waals surface area (Å²) in [5.41, 5.74) is 0.907. The predicted molar refractivity (Wildman–Crippen MR) is 115 cm³/mol. The minimum Gasteiger partial charge on any atom is -0.489 e. The molecule has 4 rings (SSSR count). The molecule has 1 amide bonds. The number of furan rings is 1. The standard InChI is InChI=1S/C23H22N4O4/c1-2-12-29-18-6-3-5-17(14-18)25-21(28)16-8-10-27(11-9-16)23-19(15-24)26-22(31-23)20-7-4-13-30-20/h2-7,13-14,16H,1,8-12H2,(H,25,28). The minimum absolute atomic E-state index is 0.0325. The Hall–Kier alpha value is -3.99. The number of amides is 1. The zero-order valence-electron chi connectivity index (χ0n) is 16.9. The Bertz CT molecular complexity index is 1090. The second-order valence-electron chi connectivity index (χ2n) is 7.14. The zero-order valence-corrected chi connectivity index (χ0v) is 16.9. The molecule has 8 nitrogen and oxygen atoms in total. The molecular formula is C23H22N4O4. The summed E-state index contributed by atoms with van der Waals surface area (Å²) in [6, 6.07) is 12.8. The van der Waals surface area contributed by atoms with Gasteiger partial charge in [0.25, 0.3) is 5.89 Å². The molecule has 1 N–H and O–H groups in total. The van der Waals surface area contributed by atoms with E-state index in [1.165, 1.54) is 6.26 Å². The van der Waals surface area contributed by atoms with Crippen LogP contribution < -0.4 is 15.0 Å². The Balaban J connectivity index is 1.37. The number of carbonyl (C=O) groups excluding carboxylic acids is 1. The second-order valence-corrected chi connectivity index (χ2v) is 7.14. The lowest BCUT2D eigenvalue weighted by Gasteiger charge is -2.31. The summed E-state index contributed by atoms with van der Waals surface area (Å²) in [7, 11) is 0. The lowest BCUT2D eigenvalue weighted by atomic mass is 9.96. The summed E-state index contributed by atoms with van der Waals surface area (Å²) in [5.74, 6) is 1.67. The molecule has 1 saturated heterocycles. The Morgan fingerprint density at radius 1 is 1.35 bits per heavy atom. The predicted octanol–water partition coefficient (Wildman–Crippen LogP) is 4.23. The Morgan fingerprint density at radius 2 is 2.19 bits per heavy atom. The van der Waals surface area contributed by atoms with E-state index < -0.39 is 0 Å². The van der Waals surface area contributed by atoms with Crippen molar-refractivity contribution in [1.29, 1.82) is 5.26 Å². The molecule has 0 spiro atoms. The van der Waals surface area contributed by atoms with E-state index >= 15 is 0 Å². The normalized spacial score (nSPS) is 14.1. The molecule has 0 saturated carbocycles. The van der Waals surface area contributed by atoms with Crippen molar-refractivity contribution in [2.24, 2.45) is 5.92 Å². The first-order chi connectivity index (χ1) is 15.2. The summed E-state index contributed by atoms with van der Waals surface area (Å²) < 4.78 is 16.6. The smallest absolute Gasteiger partial charge is 0.266 e. The van der Waals surface area contributed by atoms with E-state index in [1.807, 2.05) is 23.1 Å². The summed E-state index contributed by atoms with van der Waals surface area (Å²) >= 11 is 0. The van der Waals surface area contributed by atoms with Crippen LogP contribution in [-0.2, 0) is 4.79 Å². The molecule has 1 aromatic carbocycles. The van der Waals surface area contributed by atoms with Crippen LogP contribution in [0.15, 0.2) is 64.2 Å². The van der Waals surface area contributed by atoms with Gasteiger partial charge in [-0.2, -0.15) is 10.2 Å². The van der Waals surface area contributed by atoms with Gasteiger partial charge in [0.2, 0.25) is 17.5 Å². The fraction of sp³-hybridized carbons (Fsp3) is 0.261. The first-order valence-electron chi connectivity index (χ1n) is 10.0. The number of anilines is 2. The van der Waals surface area contributed by atoms with E-state index in [9.17, 15) is 10.1 Å². The monoisotopic (exact) mass is 418 g/mol. The molecule has 0 radical (unpaired) electrons. The maximum atomic E-state index is 12.7. The van der Waals surface area contributed by atoms with Crippen LogP contribution in [0.25, 0.3) is 11.7 Å². The molecule has 3 aromatic rings. The highest BCUT2D eigenvalue weighted by Gasteiger charge is 2.29. The maximum Gasteiger partial charge on any atom is 0.266 e. The number of rotatable bonds is 7. The number of ether oxygens (including phenoxy) is 1. The number of nitriles is 1. The van der Waals surface area contributed by atoms with Crippen LogP contribution in [0.3, 0.4) is 0 Å². The van der Waals surface area contributed by atoms with Crippen molar-refractivity contribution in [1.82, 2.24) is 4.98 Å². The number of nitrogens with one attached hydrogen (secondary N) is 1. The number of oxazole rings is 1. The quantitative estimate of drug-likeness (QED) is 0.573. The highest BCUT2D eigenvalue weighted by molar-refractivity contribution is 5.92. The van der Waals surface area contributed by atoms with Crippen molar-refractivity contribution < 1.29 is 18.4 Å². The van der Waals surface area contributed by atoms with Gasteiger partial charge in [-0.3, -0.25) is 4.79 Å². The van der Waals surface area contributed by atoms with Crippen molar-refractivity contribution in [2.75, 3.05) is 29.9 Å². The highest BCUT2D eigenvalue weighted by Crippen LogP contribution is 2.31. The summed E-state index contributed by atoms with van der Waals surface area (Å²) in [6.07, 6.45) is 4.47. The molecule has 0 unspecified atom stereocenters. The minimum atomic E-state index is -0.132. The lowest BCUT2D eigenvalue weighted by Crippen LogP contribution is -2.38. The Kier molecular flexibility index (Phi) is 6.03. The van der Waals surface area contributed by atoms with E-state index in [-0.39, 0.29) is 23.4 Å². The van der Waals surface area contributed by atoms with Gasteiger partial charge in [-0.05, 0) is 37.1 Å². The van der Waals surface area contributed by atoms with Gasteiger partial charge in [0, 0.05) is 30.8 Å². The number of hydrogen-bond acceptors (Lipinski definition) is 7. The van der Waals surface area contributed by atoms with Crippen LogP contribution in [0.5, 0.6) is 5.75 Å². The van der Waals surface area contributed by atoms with E-state index in [1.54, 1.807) is 24.3 Å². The maximum absolute atomic E-state index is 12.7. The first kappa shape index (κ1) is 20.3. The van der Waals surface area contributed by atoms with Crippen molar-refractivity contribution in [3.05, 3.63) is 61.0 Å². The second kappa shape index (κ2) is 9.22.